The number of carbonyl (C=O) groups is 2. The lowest BCUT2D eigenvalue weighted by molar-refractivity contribution is -0.139. The lowest BCUT2D eigenvalue weighted by atomic mass is 9.90. The second kappa shape index (κ2) is 12.7. The van der Waals surface area contributed by atoms with E-state index in [0.717, 1.165) is 5.56 Å². The Bertz CT molecular complexity index is 1270. The van der Waals surface area contributed by atoms with Crippen LogP contribution in [0.1, 0.15) is 30.5 Å². The van der Waals surface area contributed by atoms with Crippen LogP contribution in [0.2, 0.25) is 0 Å². The molecule has 0 fully saturated rings. The minimum atomic E-state index is -0.685. The molecule has 10 heteroatoms. The normalized spacial score (nSPS) is 16.4. The summed E-state index contributed by atoms with van der Waals surface area (Å²) in [4.78, 5) is 33.3. The van der Waals surface area contributed by atoms with Gasteiger partial charge in [-0.05, 0) is 30.5 Å². The summed E-state index contributed by atoms with van der Waals surface area (Å²) in [6.07, 6.45) is 0.0926. The predicted molar refractivity (Wildman–Crippen MR) is 147 cm³/mol. The van der Waals surface area contributed by atoms with Crippen LogP contribution >= 0.6 is 11.8 Å². The van der Waals surface area contributed by atoms with Gasteiger partial charge in [0.15, 0.2) is 5.17 Å². The van der Waals surface area contributed by atoms with Crippen molar-refractivity contribution in [1.29, 1.82) is 0 Å². The van der Waals surface area contributed by atoms with Gasteiger partial charge in [-0.15, -0.1) is 0 Å². The first-order valence-electron chi connectivity index (χ1n) is 12.2. The number of hydrogen-bond donors (Lipinski definition) is 1. The molecule has 0 aromatic heterocycles. The number of thioether (sulfide) groups is 1. The highest BCUT2D eigenvalue weighted by Crippen LogP contribution is 2.49. The molecule has 1 unspecified atom stereocenters. The minimum Gasteiger partial charge on any atom is -0.497 e. The standard InChI is InChI=1S/C28H31N3O6S/c1-5-37-27(33)24-25(18-9-7-6-8-10-18)30-28-31(19(17-38-28)15-23(32)29-13-14-34-2)26(24)21-16-20(35-3)11-12-22(21)36-4/h6-12,16-17,26H,5,13-15H2,1-4H3,(H,29,32). The summed E-state index contributed by atoms with van der Waals surface area (Å²) in [6, 6.07) is 14.3. The minimum absolute atomic E-state index is 0.0926. The maximum absolute atomic E-state index is 13.6. The number of aliphatic imine (C=N–C) groups is 1. The van der Waals surface area contributed by atoms with Gasteiger partial charge in [0.2, 0.25) is 5.91 Å². The Kier molecular flexibility index (Phi) is 9.09. The fourth-order valence-electron chi connectivity index (χ4n) is 4.36. The molecule has 4 rings (SSSR count). The number of methoxy groups -OCH3 is 3. The zero-order valence-corrected chi connectivity index (χ0v) is 22.7. The summed E-state index contributed by atoms with van der Waals surface area (Å²) in [6.45, 7) is 2.77. The van der Waals surface area contributed by atoms with E-state index in [0.29, 0.717) is 52.3 Å². The van der Waals surface area contributed by atoms with Gasteiger partial charge in [-0.2, -0.15) is 0 Å². The van der Waals surface area contributed by atoms with Crippen LogP contribution in [-0.2, 0) is 19.1 Å². The summed E-state index contributed by atoms with van der Waals surface area (Å²) >= 11 is 1.40. The molecule has 2 aromatic rings. The number of esters is 1. The highest BCUT2D eigenvalue weighted by atomic mass is 32.2. The molecule has 38 heavy (non-hydrogen) atoms. The monoisotopic (exact) mass is 537 g/mol. The van der Waals surface area contributed by atoms with E-state index in [1.54, 1.807) is 40.4 Å². The fraction of sp³-hybridized carbons (Fsp3) is 0.321. The van der Waals surface area contributed by atoms with E-state index in [-0.39, 0.29) is 18.9 Å². The van der Waals surface area contributed by atoms with Crippen molar-refractivity contribution in [3.05, 3.63) is 76.3 Å². The van der Waals surface area contributed by atoms with Gasteiger partial charge in [0.05, 0.1) is 51.2 Å². The number of nitrogens with one attached hydrogen (secondary N) is 1. The topological polar surface area (TPSA) is 98.7 Å². The Morgan fingerprint density at radius 3 is 2.55 bits per heavy atom. The molecular formula is C28H31N3O6S. The van der Waals surface area contributed by atoms with Crippen LogP contribution in [0.4, 0.5) is 0 Å². The maximum Gasteiger partial charge on any atom is 0.338 e. The number of amidine groups is 1. The number of carbonyl (C=O) groups excluding carboxylic acids is 2. The number of rotatable bonds is 11. The maximum atomic E-state index is 13.6. The summed E-state index contributed by atoms with van der Waals surface area (Å²) < 4.78 is 21.9. The van der Waals surface area contributed by atoms with Gasteiger partial charge in [0.25, 0.3) is 0 Å². The highest BCUT2D eigenvalue weighted by Gasteiger charge is 2.43. The van der Waals surface area contributed by atoms with E-state index in [1.807, 2.05) is 46.7 Å². The van der Waals surface area contributed by atoms with Crippen molar-refractivity contribution in [1.82, 2.24) is 10.2 Å². The van der Waals surface area contributed by atoms with E-state index in [1.165, 1.54) is 11.8 Å². The van der Waals surface area contributed by atoms with Crippen molar-refractivity contribution in [2.45, 2.75) is 19.4 Å². The van der Waals surface area contributed by atoms with Gasteiger partial charge in [-0.25, -0.2) is 9.79 Å². The van der Waals surface area contributed by atoms with E-state index < -0.39 is 12.0 Å². The average Bonchev–Trinajstić information content (AvgIpc) is 3.34. The van der Waals surface area contributed by atoms with Crippen LogP contribution in [0.25, 0.3) is 5.70 Å². The first-order valence-corrected chi connectivity index (χ1v) is 13.1. The lowest BCUT2D eigenvalue weighted by Crippen LogP contribution is -2.38. The SMILES string of the molecule is CCOC(=O)C1=C(c2ccccc2)N=C2SC=C(CC(=O)NCCOC)N2C1c1cc(OC)ccc1OC. The Hall–Kier alpha value is -3.76. The van der Waals surface area contributed by atoms with Crippen LogP contribution < -0.4 is 14.8 Å². The number of benzene rings is 2. The van der Waals surface area contributed by atoms with Gasteiger partial charge in [-0.1, -0.05) is 42.1 Å². The van der Waals surface area contributed by atoms with Crippen molar-refractivity contribution >= 4 is 34.5 Å². The molecule has 0 spiro atoms. The summed E-state index contributed by atoms with van der Waals surface area (Å²) in [5.41, 5.74) is 3.02. The van der Waals surface area contributed by atoms with Crippen LogP contribution in [0.3, 0.4) is 0 Å². The van der Waals surface area contributed by atoms with E-state index in [4.69, 9.17) is 23.9 Å². The van der Waals surface area contributed by atoms with Gasteiger partial charge < -0.3 is 29.2 Å². The summed E-state index contributed by atoms with van der Waals surface area (Å²) in [5, 5.41) is 5.40. The van der Waals surface area contributed by atoms with Crippen LogP contribution in [0, 0.1) is 0 Å². The number of ether oxygens (including phenoxy) is 4. The third-order valence-electron chi connectivity index (χ3n) is 6.05. The Morgan fingerprint density at radius 2 is 1.87 bits per heavy atom. The molecule has 0 aliphatic carbocycles. The lowest BCUT2D eigenvalue weighted by Gasteiger charge is -2.37. The van der Waals surface area contributed by atoms with Crippen molar-refractivity contribution in [2.75, 3.05) is 41.1 Å². The first kappa shape index (κ1) is 27.3. The molecule has 0 bridgehead atoms. The summed E-state index contributed by atoms with van der Waals surface area (Å²) in [5.74, 6) is 0.503. The van der Waals surface area contributed by atoms with E-state index in [2.05, 4.69) is 5.32 Å². The smallest absolute Gasteiger partial charge is 0.338 e. The van der Waals surface area contributed by atoms with Crippen molar-refractivity contribution < 1.29 is 28.5 Å². The molecule has 1 amide bonds. The molecule has 0 radical (unpaired) electrons. The van der Waals surface area contributed by atoms with Gasteiger partial charge >= 0.3 is 5.97 Å². The van der Waals surface area contributed by atoms with Crippen LogP contribution in [0.5, 0.6) is 11.5 Å². The van der Waals surface area contributed by atoms with Gasteiger partial charge in [-0.3, -0.25) is 4.79 Å². The van der Waals surface area contributed by atoms with Gasteiger partial charge in [0.1, 0.15) is 11.5 Å². The quantitative estimate of drug-likeness (QED) is 0.338. The van der Waals surface area contributed by atoms with E-state index >= 15 is 0 Å². The molecule has 2 heterocycles. The predicted octanol–water partition coefficient (Wildman–Crippen LogP) is 4.13. The molecule has 2 aromatic carbocycles. The number of amides is 1. The first-order chi connectivity index (χ1) is 18.5. The molecule has 0 saturated heterocycles. The zero-order valence-electron chi connectivity index (χ0n) is 21.9. The highest BCUT2D eigenvalue weighted by molar-refractivity contribution is 8.16. The molecule has 200 valence electrons. The van der Waals surface area contributed by atoms with Crippen LogP contribution in [-0.4, -0.2) is 63.0 Å². The second-order valence-corrected chi connectivity index (χ2v) is 9.21. The second-order valence-electron chi connectivity index (χ2n) is 8.37. The molecule has 2 aliphatic heterocycles. The molecule has 1 N–H and O–H groups in total. The Labute approximate surface area is 226 Å². The number of fused-ring (bicyclic) bond motifs is 1. The third kappa shape index (κ3) is 5.71. The Balaban J connectivity index is 1.89. The average molecular weight is 538 g/mol. The fourth-order valence-corrected chi connectivity index (χ4v) is 5.27. The van der Waals surface area contributed by atoms with Crippen molar-refractivity contribution in [2.24, 2.45) is 4.99 Å². The van der Waals surface area contributed by atoms with Crippen molar-refractivity contribution in [3.63, 3.8) is 0 Å². The molecular weight excluding hydrogens is 506 g/mol. The number of hydrogen-bond acceptors (Lipinski definition) is 9. The van der Waals surface area contributed by atoms with E-state index in [9.17, 15) is 9.59 Å². The molecule has 0 saturated carbocycles. The largest absolute Gasteiger partial charge is 0.497 e. The molecule has 2 aliphatic rings. The molecule has 1 atom stereocenters. The molecule has 9 nitrogen and oxygen atoms in total. The zero-order chi connectivity index (χ0) is 27.1. The van der Waals surface area contributed by atoms with Crippen molar-refractivity contribution in [3.8, 4) is 11.5 Å². The summed E-state index contributed by atoms with van der Waals surface area (Å²) in [7, 11) is 4.74. The third-order valence-corrected chi connectivity index (χ3v) is 6.94. The van der Waals surface area contributed by atoms with Gasteiger partial charge in [0, 0.05) is 30.5 Å². The number of nitrogens with zero attached hydrogens (tertiary/aromatic N) is 2. The Morgan fingerprint density at radius 1 is 1.08 bits per heavy atom. The van der Waals surface area contributed by atoms with Crippen LogP contribution in [0.15, 0.2) is 70.2 Å².